The summed E-state index contributed by atoms with van der Waals surface area (Å²) < 4.78 is 43.9. The molecule has 1 saturated heterocycles. The number of aromatic nitrogens is 3. The molecule has 8 heteroatoms. The van der Waals surface area contributed by atoms with Crippen molar-refractivity contribution in [3.8, 4) is 5.75 Å². The fourth-order valence-electron chi connectivity index (χ4n) is 2.37. The van der Waals surface area contributed by atoms with E-state index in [2.05, 4.69) is 15.0 Å². The van der Waals surface area contributed by atoms with Crippen LogP contribution in [0.1, 0.15) is 11.5 Å². The molecule has 3 heterocycles. The van der Waals surface area contributed by atoms with Crippen molar-refractivity contribution in [2.24, 2.45) is 5.92 Å². The molecule has 3 rings (SSSR count). The lowest BCUT2D eigenvalue weighted by atomic mass is 10.0. The van der Waals surface area contributed by atoms with E-state index in [1.807, 2.05) is 6.07 Å². The van der Waals surface area contributed by atoms with E-state index in [1.165, 1.54) is 6.92 Å². The van der Waals surface area contributed by atoms with E-state index in [1.54, 1.807) is 23.4 Å². The summed E-state index contributed by atoms with van der Waals surface area (Å²) in [5.41, 5.74) is -0.907. The number of pyridine rings is 1. The third-order valence-electron chi connectivity index (χ3n) is 3.52. The Hall–Kier alpha value is -2.38. The summed E-state index contributed by atoms with van der Waals surface area (Å²) in [6, 6.07) is 4.59. The molecule has 0 spiro atoms. The summed E-state index contributed by atoms with van der Waals surface area (Å²) in [6.45, 7) is 3.17. The molecular formula is C15H15F3N4O. The van der Waals surface area contributed by atoms with Crippen LogP contribution >= 0.6 is 0 Å². The number of hydrogen-bond acceptors (Lipinski definition) is 5. The van der Waals surface area contributed by atoms with Gasteiger partial charge in [0.15, 0.2) is 0 Å². The lowest BCUT2D eigenvalue weighted by Crippen LogP contribution is -2.49. The largest absolute Gasteiger partial charge is 0.492 e. The van der Waals surface area contributed by atoms with Crippen molar-refractivity contribution in [1.29, 1.82) is 0 Å². The predicted octanol–water partition coefficient (Wildman–Crippen LogP) is 2.71. The molecule has 1 aliphatic rings. The summed E-state index contributed by atoms with van der Waals surface area (Å²) in [6.07, 6.45) is -1.18. The molecule has 5 nitrogen and oxygen atoms in total. The van der Waals surface area contributed by atoms with E-state index in [4.69, 9.17) is 4.74 Å². The molecule has 2 aromatic heterocycles. The summed E-state index contributed by atoms with van der Waals surface area (Å²) in [7, 11) is 0. The highest BCUT2D eigenvalue weighted by atomic mass is 19.4. The highest BCUT2D eigenvalue weighted by Crippen LogP contribution is 2.31. The van der Waals surface area contributed by atoms with Crippen LogP contribution in [0.25, 0.3) is 0 Å². The van der Waals surface area contributed by atoms with Crippen molar-refractivity contribution < 1.29 is 17.9 Å². The van der Waals surface area contributed by atoms with Crippen LogP contribution in [0.4, 0.5) is 19.0 Å². The van der Waals surface area contributed by atoms with Crippen molar-refractivity contribution in [2.45, 2.75) is 13.1 Å². The molecule has 2 aromatic rings. The van der Waals surface area contributed by atoms with Crippen LogP contribution in [0, 0.1) is 12.8 Å². The fraction of sp³-hybridized carbons (Fsp3) is 0.400. The van der Waals surface area contributed by atoms with Gasteiger partial charge < -0.3 is 9.64 Å². The SMILES string of the molecule is Cc1nc(N2CC(COc3cccnc3)C2)cc(C(F)(F)F)n1. The maximum atomic E-state index is 12.8. The highest BCUT2D eigenvalue weighted by Gasteiger charge is 2.35. The average molecular weight is 324 g/mol. The first-order valence-electron chi connectivity index (χ1n) is 7.12. The topological polar surface area (TPSA) is 51.1 Å². The van der Waals surface area contributed by atoms with Crippen LogP contribution in [-0.4, -0.2) is 34.6 Å². The van der Waals surface area contributed by atoms with Crippen LogP contribution in [-0.2, 0) is 6.18 Å². The Morgan fingerprint density at radius 2 is 2.09 bits per heavy atom. The molecule has 0 aromatic carbocycles. The van der Waals surface area contributed by atoms with Crippen LogP contribution in [0.2, 0.25) is 0 Å². The Labute approximate surface area is 131 Å². The zero-order valence-corrected chi connectivity index (χ0v) is 12.4. The van der Waals surface area contributed by atoms with Crippen LogP contribution < -0.4 is 9.64 Å². The first kappa shape index (κ1) is 15.5. The molecule has 0 saturated carbocycles. The number of rotatable bonds is 4. The molecular weight excluding hydrogens is 309 g/mol. The molecule has 0 aliphatic carbocycles. The summed E-state index contributed by atoms with van der Waals surface area (Å²) in [5.74, 6) is 1.36. The summed E-state index contributed by atoms with van der Waals surface area (Å²) in [4.78, 5) is 13.3. The monoisotopic (exact) mass is 324 g/mol. The molecule has 0 amide bonds. The first-order chi connectivity index (χ1) is 10.9. The van der Waals surface area contributed by atoms with Crippen LogP contribution in [0.15, 0.2) is 30.6 Å². The summed E-state index contributed by atoms with van der Waals surface area (Å²) >= 11 is 0. The van der Waals surface area contributed by atoms with Gasteiger partial charge in [0.1, 0.15) is 23.1 Å². The smallest absolute Gasteiger partial charge is 0.433 e. The van der Waals surface area contributed by atoms with E-state index in [-0.39, 0.29) is 11.7 Å². The van der Waals surface area contributed by atoms with E-state index in [9.17, 15) is 13.2 Å². The van der Waals surface area contributed by atoms with Crippen molar-refractivity contribution in [2.75, 3.05) is 24.6 Å². The van der Waals surface area contributed by atoms with Gasteiger partial charge in [0.05, 0.1) is 12.8 Å². The Balaban J connectivity index is 1.58. The third-order valence-corrected chi connectivity index (χ3v) is 3.52. The van der Waals surface area contributed by atoms with Crippen molar-refractivity contribution in [1.82, 2.24) is 15.0 Å². The molecule has 1 fully saturated rings. The predicted molar refractivity (Wildman–Crippen MR) is 77.2 cm³/mol. The standard InChI is InChI=1S/C15H15F3N4O/c1-10-20-13(15(16,17)18)5-14(21-10)22-7-11(8-22)9-23-12-3-2-4-19-6-12/h2-6,11H,7-9H2,1H3. The van der Waals surface area contributed by atoms with Gasteiger partial charge in [-0.3, -0.25) is 4.98 Å². The minimum Gasteiger partial charge on any atom is -0.492 e. The Morgan fingerprint density at radius 1 is 1.30 bits per heavy atom. The maximum absolute atomic E-state index is 12.8. The Kier molecular flexibility index (Phi) is 4.06. The third kappa shape index (κ3) is 3.69. The maximum Gasteiger partial charge on any atom is 0.433 e. The summed E-state index contributed by atoms with van der Waals surface area (Å²) in [5, 5.41) is 0. The number of hydrogen-bond donors (Lipinski definition) is 0. The molecule has 0 radical (unpaired) electrons. The van der Waals surface area contributed by atoms with E-state index < -0.39 is 11.9 Å². The fourth-order valence-corrected chi connectivity index (χ4v) is 2.37. The molecule has 0 N–H and O–H groups in total. The molecule has 1 aliphatic heterocycles. The molecule has 0 atom stereocenters. The second kappa shape index (κ2) is 6.02. The minimum absolute atomic E-state index is 0.116. The second-order valence-electron chi connectivity index (χ2n) is 5.43. The van der Waals surface area contributed by atoms with Gasteiger partial charge in [-0.2, -0.15) is 13.2 Å². The number of halogens is 3. The Morgan fingerprint density at radius 3 is 2.74 bits per heavy atom. The second-order valence-corrected chi connectivity index (χ2v) is 5.43. The van der Waals surface area contributed by atoms with E-state index in [0.717, 1.165) is 6.07 Å². The molecule has 0 unspecified atom stereocenters. The first-order valence-corrected chi connectivity index (χ1v) is 7.12. The van der Waals surface area contributed by atoms with Gasteiger partial charge in [-0.1, -0.05) is 0 Å². The van der Waals surface area contributed by atoms with Crippen LogP contribution in [0.5, 0.6) is 5.75 Å². The molecule has 122 valence electrons. The zero-order valence-electron chi connectivity index (χ0n) is 12.4. The Bertz CT molecular complexity index is 672. The van der Waals surface area contributed by atoms with Crippen molar-refractivity contribution in [3.63, 3.8) is 0 Å². The highest BCUT2D eigenvalue weighted by molar-refractivity contribution is 5.43. The minimum atomic E-state index is -4.46. The van der Waals surface area contributed by atoms with E-state index in [0.29, 0.717) is 31.3 Å². The van der Waals surface area contributed by atoms with Gasteiger partial charge >= 0.3 is 6.18 Å². The number of ether oxygens (including phenoxy) is 1. The average Bonchev–Trinajstić information content (AvgIpc) is 2.45. The van der Waals surface area contributed by atoms with Gasteiger partial charge in [-0.05, 0) is 19.1 Å². The van der Waals surface area contributed by atoms with Gasteiger partial charge in [-0.15, -0.1) is 0 Å². The van der Waals surface area contributed by atoms with Crippen LogP contribution in [0.3, 0.4) is 0 Å². The number of aryl methyl sites for hydroxylation is 1. The van der Waals surface area contributed by atoms with E-state index >= 15 is 0 Å². The quantitative estimate of drug-likeness (QED) is 0.865. The number of anilines is 1. The van der Waals surface area contributed by atoms with Crippen molar-refractivity contribution >= 4 is 5.82 Å². The molecule has 23 heavy (non-hydrogen) atoms. The zero-order chi connectivity index (χ0) is 16.4. The van der Waals surface area contributed by atoms with Gasteiger partial charge in [0.25, 0.3) is 0 Å². The van der Waals surface area contributed by atoms with Gasteiger partial charge in [0, 0.05) is 31.3 Å². The number of nitrogens with zero attached hydrogens (tertiary/aromatic N) is 4. The lowest BCUT2D eigenvalue weighted by molar-refractivity contribution is -0.141. The normalized spacial score (nSPS) is 15.4. The lowest BCUT2D eigenvalue weighted by Gasteiger charge is -2.40. The van der Waals surface area contributed by atoms with Gasteiger partial charge in [-0.25, -0.2) is 9.97 Å². The van der Waals surface area contributed by atoms with Gasteiger partial charge in [0.2, 0.25) is 0 Å². The molecule has 0 bridgehead atoms. The number of alkyl halides is 3. The van der Waals surface area contributed by atoms with Crippen molar-refractivity contribution in [3.05, 3.63) is 42.1 Å².